The summed E-state index contributed by atoms with van der Waals surface area (Å²) in [5, 5.41) is 3.16. The molecular formula is C12H19N3. The van der Waals surface area contributed by atoms with E-state index >= 15 is 0 Å². The van der Waals surface area contributed by atoms with Crippen molar-refractivity contribution in [2.24, 2.45) is 10.7 Å². The van der Waals surface area contributed by atoms with Crippen LogP contribution in [0.1, 0.15) is 31.9 Å². The molecule has 1 unspecified atom stereocenters. The average molecular weight is 205 g/mol. The summed E-state index contributed by atoms with van der Waals surface area (Å²) in [6.45, 7) is 4.93. The minimum atomic E-state index is 0.201. The van der Waals surface area contributed by atoms with Crippen LogP contribution in [0.2, 0.25) is 0 Å². The molecule has 0 saturated heterocycles. The van der Waals surface area contributed by atoms with E-state index in [1.807, 2.05) is 18.2 Å². The lowest BCUT2D eigenvalue weighted by Crippen LogP contribution is -2.33. The summed E-state index contributed by atoms with van der Waals surface area (Å²) >= 11 is 0. The van der Waals surface area contributed by atoms with Crippen molar-refractivity contribution in [1.29, 1.82) is 0 Å². The highest BCUT2D eigenvalue weighted by molar-refractivity contribution is 5.78. The fourth-order valence-corrected chi connectivity index (χ4v) is 1.32. The molecule has 3 nitrogen and oxygen atoms in total. The lowest BCUT2D eigenvalue weighted by Gasteiger charge is -2.14. The summed E-state index contributed by atoms with van der Waals surface area (Å²) in [6.07, 6.45) is 1.02. The predicted octanol–water partition coefficient (Wildman–Crippen LogP) is 2.06. The first-order valence-electron chi connectivity index (χ1n) is 5.35. The van der Waals surface area contributed by atoms with E-state index in [1.165, 1.54) is 5.56 Å². The zero-order valence-electron chi connectivity index (χ0n) is 9.40. The fourth-order valence-electron chi connectivity index (χ4n) is 1.32. The molecular weight excluding hydrogens is 186 g/mol. The van der Waals surface area contributed by atoms with Gasteiger partial charge in [0.15, 0.2) is 5.96 Å². The number of nitrogens with zero attached hydrogens (tertiary/aromatic N) is 1. The second kappa shape index (κ2) is 6.06. The number of nitrogens with two attached hydrogens (primary N) is 1. The van der Waals surface area contributed by atoms with Crippen LogP contribution in [0.3, 0.4) is 0 Å². The third kappa shape index (κ3) is 4.02. The molecule has 0 spiro atoms. The first-order chi connectivity index (χ1) is 7.24. The molecule has 0 aromatic heterocycles. The number of rotatable bonds is 4. The van der Waals surface area contributed by atoms with Gasteiger partial charge in [-0.15, -0.1) is 0 Å². The van der Waals surface area contributed by atoms with E-state index in [-0.39, 0.29) is 6.04 Å². The smallest absolute Gasteiger partial charge is 0.189 e. The fraction of sp³-hybridized carbons (Fsp3) is 0.417. The van der Waals surface area contributed by atoms with Crippen molar-refractivity contribution in [1.82, 2.24) is 5.32 Å². The van der Waals surface area contributed by atoms with E-state index in [9.17, 15) is 0 Å². The van der Waals surface area contributed by atoms with Crippen LogP contribution in [0.25, 0.3) is 0 Å². The first-order valence-corrected chi connectivity index (χ1v) is 5.35. The van der Waals surface area contributed by atoms with Gasteiger partial charge in [-0.25, -0.2) is 0 Å². The molecule has 3 heteroatoms. The summed E-state index contributed by atoms with van der Waals surface area (Å²) in [4.78, 5) is 4.19. The molecule has 0 aliphatic heterocycles. The van der Waals surface area contributed by atoms with E-state index < -0.39 is 0 Å². The predicted molar refractivity (Wildman–Crippen MR) is 64.8 cm³/mol. The van der Waals surface area contributed by atoms with Crippen molar-refractivity contribution in [3.05, 3.63) is 35.9 Å². The van der Waals surface area contributed by atoms with Gasteiger partial charge < -0.3 is 11.1 Å². The van der Waals surface area contributed by atoms with Crippen LogP contribution in [0, 0.1) is 0 Å². The first kappa shape index (κ1) is 11.6. The number of aliphatic imine (C=N–C) groups is 1. The van der Waals surface area contributed by atoms with Gasteiger partial charge in [0, 0.05) is 6.54 Å². The Bertz CT molecular complexity index is 306. The Hall–Kier alpha value is -1.51. The summed E-state index contributed by atoms with van der Waals surface area (Å²) in [5.41, 5.74) is 6.95. The molecule has 1 aromatic carbocycles. The normalized spacial score (nSPS) is 13.6. The van der Waals surface area contributed by atoms with E-state index in [0.717, 1.165) is 13.0 Å². The van der Waals surface area contributed by atoms with Crippen LogP contribution in [-0.4, -0.2) is 12.5 Å². The van der Waals surface area contributed by atoms with Gasteiger partial charge in [0.25, 0.3) is 0 Å². The Kier molecular flexibility index (Phi) is 4.68. The highest BCUT2D eigenvalue weighted by Crippen LogP contribution is 2.10. The quantitative estimate of drug-likeness (QED) is 0.584. The van der Waals surface area contributed by atoms with Crippen molar-refractivity contribution in [3.8, 4) is 0 Å². The average Bonchev–Trinajstić information content (AvgIpc) is 2.27. The molecule has 0 heterocycles. The Morgan fingerprint density at radius 2 is 2.07 bits per heavy atom. The maximum atomic E-state index is 5.74. The molecule has 0 aliphatic carbocycles. The Morgan fingerprint density at radius 1 is 1.40 bits per heavy atom. The van der Waals surface area contributed by atoms with E-state index in [0.29, 0.717) is 5.96 Å². The maximum absolute atomic E-state index is 5.74. The highest BCUT2D eigenvalue weighted by Gasteiger charge is 2.03. The minimum absolute atomic E-state index is 0.201. The van der Waals surface area contributed by atoms with E-state index in [1.54, 1.807) is 0 Å². The Balaban J connectivity index is 2.52. The second-order valence-electron chi connectivity index (χ2n) is 3.54. The summed E-state index contributed by atoms with van der Waals surface area (Å²) < 4.78 is 0. The van der Waals surface area contributed by atoms with Crippen molar-refractivity contribution in [2.45, 2.75) is 26.3 Å². The van der Waals surface area contributed by atoms with Gasteiger partial charge >= 0.3 is 0 Å². The van der Waals surface area contributed by atoms with Gasteiger partial charge in [-0.3, -0.25) is 4.99 Å². The topological polar surface area (TPSA) is 50.4 Å². The lowest BCUT2D eigenvalue weighted by molar-refractivity contribution is 0.707. The molecule has 0 fully saturated rings. The third-order valence-electron chi connectivity index (χ3n) is 2.17. The van der Waals surface area contributed by atoms with Gasteiger partial charge in [-0.05, 0) is 18.9 Å². The van der Waals surface area contributed by atoms with Gasteiger partial charge in [0.2, 0.25) is 0 Å². The van der Waals surface area contributed by atoms with Crippen LogP contribution in [0.5, 0.6) is 0 Å². The number of hydrogen-bond acceptors (Lipinski definition) is 1. The second-order valence-corrected chi connectivity index (χ2v) is 3.54. The van der Waals surface area contributed by atoms with Gasteiger partial charge in [0.1, 0.15) is 0 Å². The Morgan fingerprint density at radius 3 is 2.67 bits per heavy atom. The molecule has 0 saturated carbocycles. The molecule has 0 bridgehead atoms. The lowest BCUT2D eigenvalue weighted by atomic mass is 10.1. The molecule has 0 amide bonds. The summed E-state index contributed by atoms with van der Waals surface area (Å²) in [6, 6.07) is 10.4. The van der Waals surface area contributed by atoms with Crippen LogP contribution >= 0.6 is 0 Å². The number of benzene rings is 1. The van der Waals surface area contributed by atoms with Crippen molar-refractivity contribution < 1.29 is 0 Å². The molecule has 1 rings (SSSR count). The molecule has 0 radical (unpaired) electrons. The van der Waals surface area contributed by atoms with Crippen LogP contribution in [0.4, 0.5) is 0 Å². The summed E-state index contributed by atoms with van der Waals surface area (Å²) in [5.74, 6) is 0.521. The van der Waals surface area contributed by atoms with Crippen LogP contribution in [-0.2, 0) is 0 Å². The van der Waals surface area contributed by atoms with Crippen LogP contribution in [0.15, 0.2) is 35.3 Å². The minimum Gasteiger partial charge on any atom is -0.370 e. The summed E-state index contributed by atoms with van der Waals surface area (Å²) in [7, 11) is 0. The molecule has 1 aromatic rings. The van der Waals surface area contributed by atoms with Gasteiger partial charge in [-0.2, -0.15) is 0 Å². The molecule has 82 valence electrons. The van der Waals surface area contributed by atoms with Crippen molar-refractivity contribution in [2.75, 3.05) is 6.54 Å². The largest absolute Gasteiger partial charge is 0.370 e. The third-order valence-corrected chi connectivity index (χ3v) is 2.17. The van der Waals surface area contributed by atoms with Crippen molar-refractivity contribution >= 4 is 5.96 Å². The SMILES string of the molecule is CCCN=C(N)NC(C)c1ccccc1. The zero-order valence-corrected chi connectivity index (χ0v) is 9.40. The van der Waals surface area contributed by atoms with Crippen LogP contribution < -0.4 is 11.1 Å². The number of hydrogen-bond donors (Lipinski definition) is 2. The maximum Gasteiger partial charge on any atom is 0.189 e. The van der Waals surface area contributed by atoms with E-state index in [4.69, 9.17) is 5.73 Å². The van der Waals surface area contributed by atoms with Gasteiger partial charge in [0.05, 0.1) is 6.04 Å². The number of guanidine groups is 1. The standard InChI is InChI=1S/C12H19N3/c1-3-9-14-12(13)15-10(2)11-7-5-4-6-8-11/h4-8,10H,3,9H2,1-2H3,(H3,13,14,15). The Labute approximate surface area is 91.4 Å². The number of nitrogens with one attached hydrogen (secondary N) is 1. The zero-order chi connectivity index (χ0) is 11.1. The van der Waals surface area contributed by atoms with Gasteiger partial charge in [-0.1, -0.05) is 37.3 Å². The molecule has 1 atom stereocenters. The molecule has 3 N–H and O–H groups in total. The highest BCUT2D eigenvalue weighted by atomic mass is 15.1. The molecule has 0 aliphatic rings. The van der Waals surface area contributed by atoms with E-state index in [2.05, 4.69) is 36.3 Å². The van der Waals surface area contributed by atoms with Crippen molar-refractivity contribution in [3.63, 3.8) is 0 Å². The molecule has 15 heavy (non-hydrogen) atoms. The monoisotopic (exact) mass is 205 g/mol.